The Kier molecular flexibility index (Phi) is 4.66. The fourth-order valence-corrected chi connectivity index (χ4v) is 3.40. The van der Waals surface area contributed by atoms with Crippen molar-refractivity contribution < 1.29 is 10.2 Å². The van der Waals surface area contributed by atoms with Gasteiger partial charge >= 0.3 is 0 Å². The van der Waals surface area contributed by atoms with Gasteiger partial charge in [-0.2, -0.15) is 0 Å². The zero-order valence-corrected chi connectivity index (χ0v) is 15.7. The van der Waals surface area contributed by atoms with Crippen molar-refractivity contribution in [3.63, 3.8) is 0 Å². The second-order valence-corrected chi connectivity index (χ2v) is 6.72. The van der Waals surface area contributed by atoms with Crippen LogP contribution >= 0.6 is 0 Å². The lowest BCUT2D eigenvalue weighted by molar-refractivity contribution is 0.451. The van der Waals surface area contributed by atoms with Gasteiger partial charge in [-0.05, 0) is 25.5 Å². The number of hydrogen-bond acceptors (Lipinski definition) is 4. The zero-order valence-electron chi connectivity index (χ0n) is 15.7. The maximum absolute atomic E-state index is 13.0. The van der Waals surface area contributed by atoms with Gasteiger partial charge < -0.3 is 19.3 Å². The van der Waals surface area contributed by atoms with E-state index in [-0.39, 0.29) is 28.2 Å². The molecule has 6 heteroatoms. The summed E-state index contributed by atoms with van der Waals surface area (Å²) >= 11 is 0. The van der Waals surface area contributed by atoms with Gasteiger partial charge in [0.25, 0.3) is 11.1 Å². The number of benzene rings is 1. The second kappa shape index (κ2) is 6.79. The number of aromatic hydroxyl groups is 2. The molecule has 1 atom stereocenters. The lowest BCUT2D eigenvalue weighted by atomic mass is 9.83. The number of nitrogens with zero attached hydrogens (tertiary/aromatic N) is 2. The normalized spacial score (nSPS) is 12.1. The molecule has 0 spiro atoms. The highest BCUT2D eigenvalue weighted by atomic mass is 16.3. The quantitative estimate of drug-likeness (QED) is 0.745. The summed E-state index contributed by atoms with van der Waals surface area (Å²) in [6.07, 6.45) is 0. The van der Waals surface area contributed by atoms with Crippen LogP contribution in [0, 0.1) is 13.8 Å². The van der Waals surface area contributed by atoms with Crippen molar-refractivity contribution in [1.29, 1.82) is 0 Å². The van der Waals surface area contributed by atoms with E-state index in [4.69, 9.17) is 0 Å². The molecule has 2 aromatic heterocycles. The predicted octanol–water partition coefficient (Wildman–Crippen LogP) is 2.29. The SMILES string of the molecule is Cc1c(C(c2ccccc2)c2c(O)cc(C)n(C)c2=O)c(O)cc(=O)n1C. The molecule has 3 rings (SSSR count). The van der Waals surface area contributed by atoms with Crippen LogP contribution in [0.3, 0.4) is 0 Å². The van der Waals surface area contributed by atoms with Crippen LogP contribution in [0.25, 0.3) is 0 Å². The lowest BCUT2D eigenvalue weighted by Gasteiger charge is -2.24. The van der Waals surface area contributed by atoms with Crippen LogP contribution in [0.4, 0.5) is 0 Å². The van der Waals surface area contributed by atoms with E-state index in [1.165, 1.54) is 15.2 Å². The highest BCUT2D eigenvalue weighted by Crippen LogP contribution is 2.39. The summed E-state index contributed by atoms with van der Waals surface area (Å²) < 4.78 is 2.88. The molecule has 0 bridgehead atoms. The van der Waals surface area contributed by atoms with E-state index >= 15 is 0 Å². The van der Waals surface area contributed by atoms with E-state index in [0.29, 0.717) is 17.0 Å². The Labute approximate surface area is 156 Å². The predicted molar refractivity (Wildman–Crippen MR) is 104 cm³/mol. The summed E-state index contributed by atoms with van der Waals surface area (Å²) in [5, 5.41) is 21.2. The number of aromatic nitrogens is 2. The van der Waals surface area contributed by atoms with Gasteiger partial charge in [-0.25, -0.2) is 0 Å². The Bertz CT molecular complexity index is 1130. The van der Waals surface area contributed by atoms with E-state index < -0.39 is 5.92 Å². The third-order valence-corrected chi connectivity index (χ3v) is 5.16. The molecule has 0 aliphatic heterocycles. The molecule has 0 aliphatic carbocycles. The largest absolute Gasteiger partial charge is 0.507 e. The standard InChI is InChI=1S/C21H22N2O4/c1-12-10-15(24)20(21(27)22(12)3)19(14-8-6-5-7-9-14)18-13(2)23(4)17(26)11-16(18)25/h5-11,19,24-25H,1-4H3. The lowest BCUT2D eigenvalue weighted by Crippen LogP contribution is -2.28. The van der Waals surface area contributed by atoms with Gasteiger partial charge in [-0.15, -0.1) is 0 Å². The molecule has 3 aromatic rings. The number of rotatable bonds is 3. The maximum atomic E-state index is 13.0. The van der Waals surface area contributed by atoms with Crippen molar-refractivity contribution in [2.75, 3.05) is 0 Å². The molecule has 6 nitrogen and oxygen atoms in total. The van der Waals surface area contributed by atoms with E-state index in [1.807, 2.05) is 30.3 Å². The molecule has 0 amide bonds. The van der Waals surface area contributed by atoms with E-state index in [2.05, 4.69) is 0 Å². The number of hydrogen-bond donors (Lipinski definition) is 2. The summed E-state index contributed by atoms with van der Waals surface area (Å²) in [5.41, 5.74) is 1.75. The minimum Gasteiger partial charge on any atom is -0.507 e. The molecular formula is C21H22N2O4. The molecule has 1 unspecified atom stereocenters. The Morgan fingerprint density at radius 2 is 1.44 bits per heavy atom. The van der Waals surface area contributed by atoms with E-state index in [1.54, 1.807) is 27.9 Å². The Morgan fingerprint density at radius 3 is 2.07 bits per heavy atom. The number of aryl methyl sites for hydroxylation is 1. The van der Waals surface area contributed by atoms with E-state index in [0.717, 1.165) is 11.6 Å². The summed E-state index contributed by atoms with van der Waals surface area (Å²) in [6.45, 7) is 3.44. The van der Waals surface area contributed by atoms with Crippen molar-refractivity contribution >= 4 is 0 Å². The molecule has 27 heavy (non-hydrogen) atoms. The van der Waals surface area contributed by atoms with Crippen LogP contribution in [0.5, 0.6) is 11.5 Å². The summed E-state index contributed by atoms with van der Waals surface area (Å²) in [6, 6.07) is 11.8. The molecular weight excluding hydrogens is 344 g/mol. The van der Waals surface area contributed by atoms with Crippen LogP contribution in [0.1, 0.15) is 34.0 Å². The smallest absolute Gasteiger partial charge is 0.258 e. The second-order valence-electron chi connectivity index (χ2n) is 6.72. The summed E-state index contributed by atoms with van der Waals surface area (Å²) in [7, 11) is 3.24. The minimum absolute atomic E-state index is 0.142. The topological polar surface area (TPSA) is 84.5 Å². The van der Waals surface area contributed by atoms with Crippen molar-refractivity contribution in [2.24, 2.45) is 14.1 Å². The molecule has 1 aromatic carbocycles. The molecule has 0 saturated heterocycles. The van der Waals surface area contributed by atoms with Crippen LogP contribution in [-0.4, -0.2) is 19.3 Å². The first-order valence-corrected chi connectivity index (χ1v) is 8.58. The van der Waals surface area contributed by atoms with Gasteiger partial charge in [0, 0.05) is 43.0 Å². The Hall–Kier alpha value is -3.28. The molecule has 0 saturated carbocycles. The molecule has 140 valence electrons. The first-order valence-electron chi connectivity index (χ1n) is 8.58. The highest BCUT2D eigenvalue weighted by Gasteiger charge is 2.29. The third-order valence-electron chi connectivity index (χ3n) is 5.16. The highest BCUT2D eigenvalue weighted by molar-refractivity contribution is 5.53. The van der Waals surface area contributed by atoms with Crippen LogP contribution in [-0.2, 0) is 14.1 Å². The molecule has 0 radical (unpaired) electrons. The van der Waals surface area contributed by atoms with Crippen LogP contribution in [0.15, 0.2) is 52.1 Å². The first-order chi connectivity index (χ1) is 12.7. The Morgan fingerprint density at radius 1 is 0.852 bits per heavy atom. The van der Waals surface area contributed by atoms with Crippen LogP contribution in [0.2, 0.25) is 0 Å². The Balaban J connectivity index is 2.46. The van der Waals surface area contributed by atoms with Gasteiger partial charge in [-0.3, -0.25) is 9.59 Å². The average Bonchev–Trinajstić information content (AvgIpc) is 2.64. The molecule has 0 fully saturated rings. The van der Waals surface area contributed by atoms with Gasteiger partial charge in [0.1, 0.15) is 11.5 Å². The van der Waals surface area contributed by atoms with E-state index in [9.17, 15) is 19.8 Å². The molecule has 2 heterocycles. The van der Waals surface area contributed by atoms with Crippen molar-refractivity contribution in [1.82, 2.24) is 9.13 Å². The fraction of sp³-hybridized carbons (Fsp3) is 0.238. The van der Waals surface area contributed by atoms with Gasteiger partial charge in [0.05, 0.1) is 5.56 Å². The van der Waals surface area contributed by atoms with Crippen molar-refractivity contribution in [3.8, 4) is 11.5 Å². The average molecular weight is 366 g/mol. The first kappa shape index (κ1) is 18.5. The van der Waals surface area contributed by atoms with Crippen molar-refractivity contribution in [2.45, 2.75) is 19.8 Å². The maximum Gasteiger partial charge on any atom is 0.258 e. The van der Waals surface area contributed by atoms with Gasteiger partial charge in [0.2, 0.25) is 0 Å². The summed E-state index contributed by atoms with van der Waals surface area (Å²) in [4.78, 5) is 25.1. The fourth-order valence-electron chi connectivity index (χ4n) is 3.40. The summed E-state index contributed by atoms with van der Waals surface area (Å²) in [5.74, 6) is -1.07. The van der Waals surface area contributed by atoms with Gasteiger partial charge in [0.15, 0.2) is 0 Å². The van der Waals surface area contributed by atoms with Gasteiger partial charge in [-0.1, -0.05) is 30.3 Å². The van der Waals surface area contributed by atoms with Crippen LogP contribution < -0.4 is 11.1 Å². The van der Waals surface area contributed by atoms with Crippen molar-refractivity contribution in [3.05, 3.63) is 91.3 Å². The zero-order chi connectivity index (χ0) is 19.9. The molecule has 2 N–H and O–H groups in total. The monoisotopic (exact) mass is 366 g/mol. The molecule has 0 aliphatic rings. The number of pyridine rings is 2. The third kappa shape index (κ3) is 3.03. The minimum atomic E-state index is -0.725.